The fourth-order valence-electron chi connectivity index (χ4n) is 5.10. The van der Waals surface area contributed by atoms with Crippen molar-refractivity contribution in [3.8, 4) is 23.0 Å². The first-order valence-corrected chi connectivity index (χ1v) is 15.4. The van der Waals surface area contributed by atoms with Gasteiger partial charge in [-0.05, 0) is 61.4 Å². The number of hydrogen-bond acceptors (Lipinski definition) is 6. The second kappa shape index (κ2) is 16.4. The number of ketones is 1. The number of amides is 1. The normalized spacial score (nSPS) is 11.6. The molecule has 0 saturated heterocycles. The number of carbonyl (C=O) groups excluding carboxylic acids is 2. The summed E-state index contributed by atoms with van der Waals surface area (Å²) < 4.78 is 32.9. The first kappa shape index (κ1) is 32.5. The standard InChI is InChI=1S/C36H41FN2O5/c1-4-6-12-26(11-5-2)24-43-35-23-30-28(22-34(35)42-3)32(19-20-38-30)44-33-18-17-27(21-29(33)37)39-36(41)31(40)16-10-15-25-13-8-7-9-14-25/h7-9,13-14,17-23,26H,4-6,10-12,15-16,24H2,1-3H3,(H,39,41). The van der Waals surface area contributed by atoms with Crippen LogP contribution in [-0.2, 0) is 16.0 Å². The molecule has 0 saturated carbocycles. The Morgan fingerprint density at radius 2 is 1.70 bits per heavy atom. The van der Waals surface area contributed by atoms with Gasteiger partial charge in [-0.1, -0.05) is 63.4 Å². The molecule has 1 N–H and O–H groups in total. The van der Waals surface area contributed by atoms with E-state index in [9.17, 15) is 9.59 Å². The predicted octanol–water partition coefficient (Wildman–Crippen LogP) is 8.69. The monoisotopic (exact) mass is 600 g/mol. The summed E-state index contributed by atoms with van der Waals surface area (Å²) in [7, 11) is 1.58. The summed E-state index contributed by atoms with van der Waals surface area (Å²) in [6.45, 7) is 4.97. The van der Waals surface area contributed by atoms with E-state index in [0.29, 0.717) is 53.5 Å². The van der Waals surface area contributed by atoms with E-state index in [1.54, 1.807) is 25.4 Å². The van der Waals surface area contributed by atoms with E-state index in [0.717, 1.165) is 37.3 Å². The van der Waals surface area contributed by atoms with Gasteiger partial charge in [0, 0.05) is 35.8 Å². The second-order valence-corrected chi connectivity index (χ2v) is 10.9. The minimum atomic E-state index is -0.775. The molecule has 0 aliphatic heterocycles. The topological polar surface area (TPSA) is 86.8 Å². The SMILES string of the molecule is CCCCC(CCC)COc1cc2nccc(Oc3ccc(NC(=O)C(=O)CCCc4ccccc4)cc3F)c2cc1OC. The molecule has 0 aliphatic carbocycles. The average Bonchev–Trinajstić information content (AvgIpc) is 3.03. The second-order valence-electron chi connectivity index (χ2n) is 10.9. The number of carbonyl (C=O) groups is 2. The minimum Gasteiger partial charge on any atom is -0.493 e. The summed E-state index contributed by atoms with van der Waals surface area (Å²) in [5.41, 5.74) is 1.89. The van der Waals surface area contributed by atoms with Crippen molar-refractivity contribution in [2.75, 3.05) is 19.0 Å². The molecule has 4 rings (SSSR count). The van der Waals surface area contributed by atoms with E-state index in [4.69, 9.17) is 14.2 Å². The Bertz CT molecular complexity index is 1540. The molecule has 0 aliphatic rings. The van der Waals surface area contributed by atoms with Crippen molar-refractivity contribution in [3.05, 3.63) is 84.3 Å². The fraction of sp³-hybridized carbons (Fsp3) is 0.361. The molecule has 44 heavy (non-hydrogen) atoms. The highest BCUT2D eigenvalue weighted by Crippen LogP contribution is 2.38. The summed E-state index contributed by atoms with van der Waals surface area (Å²) in [5, 5.41) is 3.12. The third kappa shape index (κ3) is 9.02. The highest BCUT2D eigenvalue weighted by Gasteiger charge is 2.17. The Kier molecular flexibility index (Phi) is 12.1. The minimum absolute atomic E-state index is 0.0395. The number of pyridine rings is 1. The number of aryl methyl sites for hydroxylation is 1. The molecule has 0 radical (unpaired) electrons. The molecule has 232 valence electrons. The van der Waals surface area contributed by atoms with Gasteiger partial charge < -0.3 is 19.5 Å². The van der Waals surface area contributed by atoms with Crippen LogP contribution in [0.1, 0.15) is 64.4 Å². The third-order valence-electron chi connectivity index (χ3n) is 7.50. The van der Waals surface area contributed by atoms with Crippen LogP contribution < -0.4 is 19.5 Å². The Labute approximate surface area is 258 Å². The maximum atomic E-state index is 15.1. The molecule has 0 spiro atoms. The highest BCUT2D eigenvalue weighted by atomic mass is 19.1. The number of ether oxygens (including phenoxy) is 3. The van der Waals surface area contributed by atoms with Gasteiger partial charge in [-0.15, -0.1) is 0 Å². The largest absolute Gasteiger partial charge is 0.493 e. The van der Waals surface area contributed by atoms with Crippen molar-refractivity contribution < 1.29 is 28.2 Å². The van der Waals surface area contributed by atoms with E-state index in [1.807, 2.05) is 36.4 Å². The third-order valence-corrected chi connectivity index (χ3v) is 7.50. The van der Waals surface area contributed by atoms with Crippen LogP contribution in [0, 0.1) is 11.7 Å². The van der Waals surface area contributed by atoms with Gasteiger partial charge in [0.05, 0.1) is 19.2 Å². The van der Waals surface area contributed by atoms with Crippen molar-refractivity contribution in [2.24, 2.45) is 5.92 Å². The molecular weight excluding hydrogens is 559 g/mol. The molecule has 1 heterocycles. The van der Waals surface area contributed by atoms with E-state index in [1.165, 1.54) is 18.6 Å². The zero-order chi connectivity index (χ0) is 31.3. The van der Waals surface area contributed by atoms with E-state index in [2.05, 4.69) is 24.1 Å². The van der Waals surface area contributed by atoms with Gasteiger partial charge in [-0.2, -0.15) is 0 Å². The quantitative estimate of drug-likeness (QED) is 0.122. The van der Waals surface area contributed by atoms with Gasteiger partial charge in [-0.3, -0.25) is 14.6 Å². The summed E-state index contributed by atoms with van der Waals surface area (Å²) >= 11 is 0. The number of aromatic nitrogens is 1. The zero-order valence-electron chi connectivity index (χ0n) is 25.7. The van der Waals surface area contributed by atoms with Crippen LogP contribution >= 0.6 is 0 Å². The van der Waals surface area contributed by atoms with Gasteiger partial charge in [0.25, 0.3) is 5.91 Å². The smallest absolute Gasteiger partial charge is 0.291 e. The number of halogens is 1. The molecule has 1 aromatic heterocycles. The molecule has 0 fully saturated rings. The first-order chi connectivity index (χ1) is 21.4. The maximum absolute atomic E-state index is 15.1. The van der Waals surface area contributed by atoms with Crippen molar-refractivity contribution in [1.29, 1.82) is 0 Å². The number of fused-ring (bicyclic) bond motifs is 1. The Hall–Kier alpha value is -4.46. The molecule has 8 heteroatoms. The Morgan fingerprint density at radius 3 is 2.43 bits per heavy atom. The van der Waals surface area contributed by atoms with Gasteiger partial charge in [0.1, 0.15) is 5.75 Å². The van der Waals surface area contributed by atoms with Crippen molar-refractivity contribution in [3.63, 3.8) is 0 Å². The lowest BCUT2D eigenvalue weighted by Gasteiger charge is -2.19. The first-order valence-electron chi connectivity index (χ1n) is 15.4. The van der Waals surface area contributed by atoms with Gasteiger partial charge in [0.2, 0.25) is 5.78 Å². The highest BCUT2D eigenvalue weighted by molar-refractivity contribution is 6.40. The lowest BCUT2D eigenvalue weighted by atomic mass is 9.98. The zero-order valence-corrected chi connectivity index (χ0v) is 25.7. The lowest BCUT2D eigenvalue weighted by Crippen LogP contribution is -2.22. The fourth-order valence-corrected chi connectivity index (χ4v) is 5.10. The van der Waals surface area contributed by atoms with Gasteiger partial charge in [0.15, 0.2) is 23.1 Å². The number of Topliss-reactive ketones (excluding diaryl/α,β-unsaturated/α-hetero) is 1. The molecule has 0 bridgehead atoms. The molecule has 1 amide bonds. The maximum Gasteiger partial charge on any atom is 0.291 e. The van der Waals surface area contributed by atoms with Gasteiger partial charge >= 0.3 is 0 Å². The predicted molar refractivity (Wildman–Crippen MR) is 171 cm³/mol. The van der Waals surface area contributed by atoms with Crippen LogP contribution in [0.4, 0.5) is 10.1 Å². The number of anilines is 1. The van der Waals surface area contributed by atoms with Crippen molar-refractivity contribution >= 4 is 28.3 Å². The van der Waals surface area contributed by atoms with Crippen LogP contribution in [-0.4, -0.2) is 30.4 Å². The number of methoxy groups -OCH3 is 1. The molecule has 3 aromatic carbocycles. The summed E-state index contributed by atoms with van der Waals surface area (Å²) in [6, 6.07) is 19.0. The number of unbranched alkanes of at least 4 members (excludes halogenated alkanes) is 1. The Morgan fingerprint density at radius 1 is 0.886 bits per heavy atom. The number of hydrogen-bond donors (Lipinski definition) is 1. The molecule has 1 unspecified atom stereocenters. The van der Waals surface area contributed by atoms with Crippen molar-refractivity contribution in [1.82, 2.24) is 4.98 Å². The van der Waals surface area contributed by atoms with Gasteiger partial charge in [-0.25, -0.2) is 4.39 Å². The van der Waals surface area contributed by atoms with Crippen LogP contribution in [0.2, 0.25) is 0 Å². The van der Waals surface area contributed by atoms with Crippen LogP contribution in [0.3, 0.4) is 0 Å². The molecular formula is C36H41FN2O5. The van der Waals surface area contributed by atoms with E-state index >= 15 is 4.39 Å². The molecule has 4 aromatic rings. The number of benzene rings is 3. The summed E-state index contributed by atoms with van der Waals surface area (Å²) in [5.74, 6) is -0.0667. The molecule has 1 atom stereocenters. The summed E-state index contributed by atoms with van der Waals surface area (Å²) in [4.78, 5) is 29.2. The van der Waals surface area contributed by atoms with Crippen LogP contribution in [0.15, 0.2) is 72.9 Å². The number of rotatable bonds is 17. The van der Waals surface area contributed by atoms with Crippen LogP contribution in [0.25, 0.3) is 10.9 Å². The van der Waals surface area contributed by atoms with E-state index < -0.39 is 17.5 Å². The molecule has 7 nitrogen and oxygen atoms in total. The Balaban J connectivity index is 1.41. The van der Waals surface area contributed by atoms with E-state index in [-0.39, 0.29) is 17.9 Å². The summed E-state index contributed by atoms with van der Waals surface area (Å²) in [6.07, 6.45) is 8.59. The number of nitrogens with one attached hydrogen (secondary N) is 1. The van der Waals surface area contributed by atoms with Crippen LogP contribution in [0.5, 0.6) is 23.0 Å². The lowest BCUT2D eigenvalue weighted by molar-refractivity contribution is -0.134. The average molecular weight is 601 g/mol. The van der Waals surface area contributed by atoms with Crippen molar-refractivity contribution in [2.45, 2.75) is 65.2 Å². The number of nitrogens with zero attached hydrogens (tertiary/aromatic N) is 1.